The number of hydrogen-bond acceptors (Lipinski definition) is 2. The van der Waals surface area contributed by atoms with Crippen molar-refractivity contribution in [1.82, 2.24) is 4.90 Å². The van der Waals surface area contributed by atoms with Crippen LogP contribution in [-0.4, -0.2) is 29.8 Å². The molecule has 0 aliphatic rings. The van der Waals surface area contributed by atoms with Gasteiger partial charge in [0.15, 0.2) is 17.5 Å². The van der Waals surface area contributed by atoms with Gasteiger partial charge in [-0.05, 0) is 59.3 Å². The Hall–Kier alpha value is -2.10. The number of nitrogens with zero attached hydrogens (tertiary/aromatic N) is 1. The number of anilines is 1. The number of carbonyl (C=O) groups excluding carboxylic acids is 2. The van der Waals surface area contributed by atoms with Gasteiger partial charge in [-0.1, -0.05) is 13.0 Å². The van der Waals surface area contributed by atoms with Gasteiger partial charge in [-0.2, -0.15) is 0 Å². The zero-order valence-electron chi connectivity index (χ0n) is 13.9. The van der Waals surface area contributed by atoms with Gasteiger partial charge in [0.05, 0.1) is 5.69 Å². The topological polar surface area (TPSA) is 49.4 Å². The van der Waals surface area contributed by atoms with Crippen LogP contribution in [0.25, 0.3) is 0 Å². The van der Waals surface area contributed by atoms with Crippen molar-refractivity contribution in [2.75, 3.05) is 18.4 Å². The molecule has 2 aromatic rings. The average molecular weight is 476 g/mol. The zero-order valence-corrected chi connectivity index (χ0v) is 16.0. The minimum atomic E-state index is -1.66. The Kier molecular flexibility index (Phi) is 7.01. The molecule has 0 unspecified atom stereocenters. The predicted molar refractivity (Wildman–Crippen MR) is 100 cm³/mol. The molecule has 0 bridgehead atoms. The lowest BCUT2D eigenvalue weighted by atomic mass is 10.2. The molecule has 0 heterocycles. The van der Waals surface area contributed by atoms with Crippen molar-refractivity contribution in [3.05, 3.63) is 63.0 Å². The number of nitrogens with one attached hydrogen (secondary N) is 1. The maximum Gasteiger partial charge on any atom is 0.254 e. The van der Waals surface area contributed by atoms with Crippen molar-refractivity contribution in [1.29, 1.82) is 0 Å². The van der Waals surface area contributed by atoms with Gasteiger partial charge in [-0.15, -0.1) is 0 Å². The highest BCUT2D eigenvalue weighted by molar-refractivity contribution is 14.1. The van der Waals surface area contributed by atoms with Gasteiger partial charge in [0.1, 0.15) is 6.54 Å². The number of amides is 2. The molecule has 0 fully saturated rings. The highest BCUT2D eigenvalue weighted by Gasteiger charge is 2.20. The van der Waals surface area contributed by atoms with E-state index < -0.39 is 29.0 Å². The largest absolute Gasteiger partial charge is 0.329 e. The van der Waals surface area contributed by atoms with Gasteiger partial charge in [0.2, 0.25) is 5.91 Å². The minimum Gasteiger partial charge on any atom is -0.329 e. The molecule has 0 aromatic heterocycles. The molecule has 0 saturated heterocycles. The molecule has 0 aliphatic carbocycles. The van der Waals surface area contributed by atoms with Crippen LogP contribution in [0.5, 0.6) is 0 Å². The maximum atomic E-state index is 13.7. The third kappa shape index (κ3) is 4.96. The molecule has 0 saturated carbocycles. The monoisotopic (exact) mass is 476 g/mol. The predicted octanol–water partition coefficient (Wildman–Crippen LogP) is 4.20. The van der Waals surface area contributed by atoms with E-state index in [0.717, 1.165) is 15.7 Å². The van der Waals surface area contributed by atoms with Crippen molar-refractivity contribution < 1.29 is 22.8 Å². The number of halogens is 4. The molecule has 2 amide bonds. The summed E-state index contributed by atoms with van der Waals surface area (Å²) in [5.74, 6) is -5.54. The van der Waals surface area contributed by atoms with E-state index >= 15 is 0 Å². The van der Waals surface area contributed by atoms with Crippen molar-refractivity contribution in [3.8, 4) is 0 Å². The normalized spacial score (nSPS) is 10.5. The Balaban J connectivity index is 2.13. The lowest BCUT2D eigenvalue weighted by molar-refractivity contribution is -0.116. The van der Waals surface area contributed by atoms with E-state index in [0.29, 0.717) is 18.5 Å². The first-order valence-electron chi connectivity index (χ1n) is 7.81. The molecule has 4 nitrogen and oxygen atoms in total. The summed E-state index contributed by atoms with van der Waals surface area (Å²) in [6, 6.07) is 8.54. The second kappa shape index (κ2) is 9.02. The molecule has 0 radical (unpaired) electrons. The Labute approximate surface area is 162 Å². The van der Waals surface area contributed by atoms with Crippen LogP contribution >= 0.6 is 22.6 Å². The zero-order chi connectivity index (χ0) is 19.3. The fraction of sp³-hybridized carbons (Fsp3) is 0.222. The quantitative estimate of drug-likeness (QED) is 0.502. The van der Waals surface area contributed by atoms with Gasteiger partial charge in [0, 0.05) is 15.7 Å². The molecule has 138 valence electrons. The van der Waals surface area contributed by atoms with Gasteiger partial charge < -0.3 is 10.2 Å². The van der Waals surface area contributed by atoms with E-state index in [9.17, 15) is 22.8 Å². The second-order valence-electron chi connectivity index (χ2n) is 5.51. The SMILES string of the molecule is CCCN(CC(=O)Nc1ccc(F)c(F)c1F)C(=O)c1cccc(I)c1. The smallest absolute Gasteiger partial charge is 0.254 e. The standard InChI is InChI=1S/C18H16F3IN2O2/c1-2-8-24(18(26)11-4-3-5-12(22)9-11)10-15(25)23-14-7-6-13(19)16(20)17(14)21/h3-7,9H,2,8,10H2,1H3,(H,23,25). The van der Waals surface area contributed by atoms with Crippen LogP contribution in [-0.2, 0) is 4.79 Å². The molecule has 0 spiro atoms. The third-order valence-electron chi connectivity index (χ3n) is 3.50. The first-order chi connectivity index (χ1) is 12.3. The Morgan fingerprint density at radius 2 is 1.85 bits per heavy atom. The summed E-state index contributed by atoms with van der Waals surface area (Å²) in [5.41, 5.74) is -0.0517. The number of rotatable bonds is 6. The molecule has 26 heavy (non-hydrogen) atoms. The van der Waals surface area contributed by atoms with Gasteiger partial charge in [0.25, 0.3) is 5.91 Å². The molecule has 2 rings (SSSR count). The Bertz CT molecular complexity index is 830. The van der Waals surface area contributed by atoms with Crippen LogP contribution in [0.15, 0.2) is 36.4 Å². The van der Waals surface area contributed by atoms with E-state index in [1.54, 1.807) is 18.2 Å². The molecule has 0 aliphatic heterocycles. The minimum absolute atomic E-state index is 0.317. The molecular formula is C18H16F3IN2O2. The summed E-state index contributed by atoms with van der Waals surface area (Å²) in [5, 5.41) is 2.17. The van der Waals surface area contributed by atoms with E-state index in [-0.39, 0.29) is 12.5 Å². The third-order valence-corrected chi connectivity index (χ3v) is 4.17. The van der Waals surface area contributed by atoms with Crippen molar-refractivity contribution in [3.63, 3.8) is 0 Å². The van der Waals surface area contributed by atoms with Crippen LogP contribution in [0, 0.1) is 21.0 Å². The number of carbonyl (C=O) groups is 2. The molecule has 8 heteroatoms. The summed E-state index contributed by atoms with van der Waals surface area (Å²) >= 11 is 2.08. The van der Waals surface area contributed by atoms with Crippen LogP contribution in [0.4, 0.5) is 18.9 Å². The molecule has 0 atom stereocenters. The number of benzene rings is 2. The van der Waals surface area contributed by atoms with E-state index in [1.807, 2.05) is 13.0 Å². The van der Waals surface area contributed by atoms with E-state index in [1.165, 1.54) is 4.90 Å². The summed E-state index contributed by atoms with van der Waals surface area (Å²) in [6.07, 6.45) is 0.614. The lowest BCUT2D eigenvalue weighted by Crippen LogP contribution is -2.38. The first-order valence-corrected chi connectivity index (χ1v) is 8.89. The number of hydrogen-bond donors (Lipinski definition) is 1. The summed E-state index contributed by atoms with van der Waals surface area (Å²) in [7, 11) is 0. The van der Waals surface area contributed by atoms with Crippen molar-refractivity contribution in [2.45, 2.75) is 13.3 Å². The van der Waals surface area contributed by atoms with Crippen LogP contribution in [0.3, 0.4) is 0 Å². The highest BCUT2D eigenvalue weighted by Crippen LogP contribution is 2.19. The van der Waals surface area contributed by atoms with Crippen molar-refractivity contribution >= 4 is 40.1 Å². The summed E-state index contributed by atoms with van der Waals surface area (Å²) in [6.45, 7) is 1.83. The van der Waals surface area contributed by atoms with Gasteiger partial charge >= 0.3 is 0 Å². The summed E-state index contributed by atoms with van der Waals surface area (Å²) in [4.78, 5) is 26.1. The first kappa shape index (κ1) is 20.2. The molecular weight excluding hydrogens is 460 g/mol. The fourth-order valence-corrected chi connectivity index (χ4v) is 2.86. The second-order valence-corrected chi connectivity index (χ2v) is 6.75. The molecule has 1 N–H and O–H groups in total. The Morgan fingerprint density at radius 3 is 2.50 bits per heavy atom. The van der Waals surface area contributed by atoms with E-state index in [2.05, 4.69) is 27.9 Å². The summed E-state index contributed by atoms with van der Waals surface area (Å²) < 4.78 is 40.7. The highest BCUT2D eigenvalue weighted by atomic mass is 127. The van der Waals surface area contributed by atoms with E-state index in [4.69, 9.17) is 0 Å². The van der Waals surface area contributed by atoms with Gasteiger partial charge in [-0.25, -0.2) is 13.2 Å². The molecule has 2 aromatic carbocycles. The lowest BCUT2D eigenvalue weighted by Gasteiger charge is -2.22. The Morgan fingerprint density at radius 1 is 1.12 bits per heavy atom. The van der Waals surface area contributed by atoms with Crippen molar-refractivity contribution in [2.24, 2.45) is 0 Å². The average Bonchev–Trinajstić information content (AvgIpc) is 2.61. The van der Waals surface area contributed by atoms with Gasteiger partial charge in [-0.3, -0.25) is 9.59 Å². The fourth-order valence-electron chi connectivity index (χ4n) is 2.31. The van der Waals surface area contributed by atoms with Crippen LogP contribution in [0.1, 0.15) is 23.7 Å². The van der Waals surface area contributed by atoms with Crippen LogP contribution < -0.4 is 5.32 Å². The maximum absolute atomic E-state index is 13.7. The van der Waals surface area contributed by atoms with Crippen LogP contribution in [0.2, 0.25) is 0 Å².